The van der Waals surface area contributed by atoms with Gasteiger partial charge in [-0.15, -0.1) is 0 Å². The fraction of sp³-hybridized carbons (Fsp3) is 0.222. The van der Waals surface area contributed by atoms with E-state index in [9.17, 15) is 13.2 Å². The first kappa shape index (κ1) is 11.9. The van der Waals surface area contributed by atoms with E-state index < -0.39 is 11.7 Å². The Balaban J connectivity index is 3.04. The van der Waals surface area contributed by atoms with Gasteiger partial charge in [0, 0.05) is 0 Å². The molecule has 0 atom stereocenters. The first-order valence-electron chi connectivity index (χ1n) is 3.99. The van der Waals surface area contributed by atoms with E-state index >= 15 is 0 Å². The number of nitrogens with zero attached hydrogens (tertiary/aromatic N) is 1. The van der Waals surface area contributed by atoms with E-state index in [0.29, 0.717) is 0 Å². The molecule has 0 aliphatic carbocycles. The average Bonchev–Trinajstić information content (AvgIpc) is 2.17. The number of halogens is 3. The summed E-state index contributed by atoms with van der Waals surface area (Å²) in [6.45, 7) is 0. The average molecular weight is 234 g/mol. The predicted molar refractivity (Wildman–Crippen MR) is 56.2 cm³/mol. The molecule has 0 fully saturated rings. The number of hydrogen-bond donors (Lipinski definition) is 1. The second-order valence-corrected chi connectivity index (χ2v) is 3.53. The van der Waals surface area contributed by atoms with Gasteiger partial charge in [0.15, 0.2) is 5.17 Å². The summed E-state index contributed by atoms with van der Waals surface area (Å²) in [5.41, 5.74) is 4.88. The van der Waals surface area contributed by atoms with E-state index in [4.69, 9.17) is 5.73 Å². The van der Waals surface area contributed by atoms with Crippen molar-refractivity contribution in [2.45, 2.75) is 6.18 Å². The molecule has 1 rings (SSSR count). The number of hydrogen-bond acceptors (Lipinski definition) is 2. The van der Waals surface area contributed by atoms with Gasteiger partial charge in [-0.2, -0.15) is 13.2 Å². The number of alkyl halides is 3. The molecule has 1 aromatic rings. The summed E-state index contributed by atoms with van der Waals surface area (Å²) in [4.78, 5) is 3.81. The van der Waals surface area contributed by atoms with Crippen molar-refractivity contribution < 1.29 is 13.2 Å². The number of amidine groups is 1. The van der Waals surface area contributed by atoms with Crippen LogP contribution in [-0.2, 0) is 6.18 Å². The predicted octanol–water partition coefficient (Wildman–Crippen LogP) is 3.01. The van der Waals surface area contributed by atoms with Crippen molar-refractivity contribution >= 4 is 22.6 Å². The molecule has 1 aromatic carbocycles. The lowest BCUT2D eigenvalue weighted by Gasteiger charge is -2.06. The van der Waals surface area contributed by atoms with E-state index in [2.05, 4.69) is 4.99 Å². The van der Waals surface area contributed by atoms with E-state index in [0.717, 1.165) is 12.1 Å². The molecule has 0 aliphatic rings. The standard InChI is InChI=1S/C9H9F3N2S/c1-15-8(13)14-7-4-2-3-6(5-7)9(10,11)12/h2-5H,1H3,(H2,13,14). The van der Waals surface area contributed by atoms with Crippen LogP contribution in [0.5, 0.6) is 0 Å². The maximum Gasteiger partial charge on any atom is 0.416 e. The van der Waals surface area contributed by atoms with Crippen LogP contribution in [-0.4, -0.2) is 11.4 Å². The van der Waals surface area contributed by atoms with Crippen LogP contribution < -0.4 is 5.73 Å². The maximum atomic E-state index is 12.3. The van der Waals surface area contributed by atoms with Crippen LogP contribution in [0.1, 0.15) is 5.56 Å². The molecule has 0 saturated carbocycles. The van der Waals surface area contributed by atoms with Gasteiger partial charge in [0.1, 0.15) is 0 Å². The fourth-order valence-electron chi connectivity index (χ4n) is 0.925. The normalized spacial score (nSPS) is 12.9. The zero-order valence-electron chi connectivity index (χ0n) is 7.88. The Morgan fingerprint density at radius 1 is 1.40 bits per heavy atom. The highest BCUT2D eigenvalue weighted by atomic mass is 32.2. The van der Waals surface area contributed by atoms with Crippen molar-refractivity contribution in [1.82, 2.24) is 0 Å². The Labute approximate surface area is 89.4 Å². The van der Waals surface area contributed by atoms with Crippen LogP contribution in [0, 0.1) is 0 Å². The van der Waals surface area contributed by atoms with Crippen molar-refractivity contribution in [1.29, 1.82) is 0 Å². The number of nitrogens with two attached hydrogens (primary N) is 1. The second kappa shape index (κ2) is 4.57. The molecular weight excluding hydrogens is 225 g/mol. The summed E-state index contributed by atoms with van der Waals surface area (Å²) >= 11 is 1.18. The van der Waals surface area contributed by atoms with E-state index in [-0.39, 0.29) is 10.9 Å². The molecule has 0 aromatic heterocycles. The lowest BCUT2D eigenvalue weighted by atomic mass is 10.2. The Morgan fingerprint density at radius 2 is 2.07 bits per heavy atom. The summed E-state index contributed by atoms with van der Waals surface area (Å²) in [5, 5.41) is 0.231. The van der Waals surface area contributed by atoms with Crippen molar-refractivity contribution in [3.63, 3.8) is 0 Å². The molecule has 0 amide bonds. The van der Waals surface area contributed by atoms with Crippen LogP contribution in [0.3, 0.4) is 0 Å². The van der Waals surface area contributed by atoms with Crippen LogP contribution in [0.2, 0.25) is 0 Å². The largest absolute Gasteiger partial charge is 0.416 e. The highest BCUT2D eigenvalue weighted by Gasteiger charge is 2.30. The third-order valence-electron chi connectivity index (χ3n) is 1.62. The SMILES string of the molecule is CSC(N)=Nc1cccc(C(F)(F)F)c1. The van der Waals surface area contributed by atoms with Gasteiger partial charge in [0.05, 0.1) is 11.3 Å². The Kier molecular flexibility index (Phi) is 3.62. The zero-order chi connectivity index (χ0) is 11.5. The summed E-state index contributed by atoms with van der Waals surface area (Å²) in [6, 6.07) is 4.73. The van der Waals surface area contributed by atoms with Gasteiger partial charge in [-0.05, 0) is 24.5 Å². The smallest absolute Gasteiger partial charge is 0.378 e. The molecule has 2 nitrogen and oxygen atoms in total. The quantitative estimate of drug-likeness (QED) is 0.599. The third kappa shape index (κ3) is 3.47. The van der Waals surface area contributed by atoms with Gasteiger partial charge in [-0.1, -0.05) is 17.8 Å². The van der Waals surface area contributed by atoms with Gasteiger partial charge in [-0.3, -0.25) is 0 Å². The molecule has 0 unspecified atom stereocenters. The van der Waals surface area contributed by atoms with E-state index in [1.54, 1.807) is 6.26 Å². The van der Waals surface area contributed by atoms with Gasteiger partial charge in [0.25, 0.3) is 0 Å². The molecule has 0 spiro atoms. The van der Waals surface area contributed by atoms with Gasteiger partial charge in [-0.25, -0.2) is 4.99 Å². The minimum absolute atomic E-state index is 0.205. The van der Waals surface area contributed by atoms with Crippen LogP contribution in [0.25, 0.3) is 0 Å². The number of benzene rings is 1. The van der Waals surface area contributed by atoms with Crippen molar-refractivity contribution in [2.24, 2.45) is 10.7 Å². The molecule has 0 saturated heterocycles. The van der Waals surface area contributed by atoms with Crippen molar-refractivity contribution in [3.05, 3.63) is 29.8 Å². The van der Waals surface area contributed by atoms with Gasteiger partial charge >= 0.3 is 6.18 Å². The van der Waals surface area contributed by atoms with Crippen LogP contribution in [0.15, 0.2) is 29.3 Å². The number of aliphatic imine (C=N–C) groups is 1. The zero-order valence-corrected chi connectivity index (χ0v) is 8.69. The first-order chi connectivity index (χ1) is 6.93. The van der Waals surface area contributed by atoms with Crippen LogP contribution in [0.4, 0.5) is 18.9 Å². The van der Waals surface area contributed by atoms with E-state index in [1.807, 2.05) is 0 Å². The summed E-state index contributed by atoms with van der Waals surface area (Å²) in [5.74, 6) is 0. The first-order valence-corrected chi connectivity index (χ1v) is 5.21. The molecule has 2 N–H and O–H groups in total. The molecule has 0 heterocycles. The molecule has 6 heteroatoms. The lowest BCUT2D eigenvalue weighted by Crippen LogP contribution is -2.06. The summed E-state index contributed by atoms with van der Waals surface area (Å²) in [7, 11) is 0. The maximum absolute atomic E-state index is 12.3. The Bertz CT molecular complexity index is 374. The minimum atomic E-state index is -4.35. The Morgan fingerprint density at radius 3 is 2.60 bits per heavy atom. The number of rotatable bonds is 1. The van der Waals surface area contributed by atoms with Crippen LogP contribution >= 0.6 is 11.8 Å². The third-order valence-corrected chi connectivity index (χ3v) is 2.13. The molecular formula is C9H9F3N2S. The summed E-state index contributed by atoms with van der Waals surface area (Å²) < 4.78 is 36.9. The molecule has 82 valence electrons. The highest BCUT2D eigenvalue weighted by molar-refractivity contribution is 8.13. The van der Waals surface area contributed by atoms with E-state index in [1.165, 1.54) is 23.9 Å². The molecule has 0 bridgehead atoms. The monoisotopic (exact) mass is 234 g/mol. The number of thioether (sulfide) groups is 1. The Hall–Kier alpha value is -1.17. The molecule has 0 radical (unpaired) electrons. The van der Waals surface area contributed by atoms with Crippen molar-refractivity contribution in [3.8, 4) is 0 Å². The molecule has 15 heavy (non-hydrogen) atoms. The summed E-state index contributed by atoms with van der Waals surface area (Å²) in [6.07, 6.45) is -2.65. The highest BCUT2D eigenvalue weighted by Crippen LogP contribution is 2.31. The second-order valence-electron chi connectivity index (χ2n) is 2.70. The fourth-order valence-corrected chi connectivity index (χ4v) is 1.12. The lowest BCUT2D eigenvalue weighted by molar-refractivity contribution is -0.137. The van der Waals surface area contributed by atoms with Gasteiger partial charge < -0.3 is 5.73 Å². The topological polar surface area (TPSA) is 38.4 Å². The van der Waals surface area contributed by atoms with Gasteiger partial charge in [0.2, 0.25) is 0 Å². The molecule has 0 aliphatic heterocycles. The van der Waals surface area contributed by atoms with Crippen molar-refractivity contribution in [2.75, 3.05) is 6.26 Å². The minimum Gasteiger partial charge on any atom is -0.378 e.